The number of fused-ring (bicyclic) bond motifs is 1. The Kier molecular flexibility index (Phi) is 4.92. The van der Waals surface area contributed by atoms with Crippen LogP contribution in [0.5, 0.6) is 5.88 Å². The number of nitrogens with zero attached hydrogens (tertiary/aromatic N) is 3. The number of rotatable bonds is 4. The largest absolute Gasteiger partial charge is 0.481 e. The minimum absolute atomic E-state index is 0.0810. The van der Waals surface area contributed by atoms with E-state index in [4.69, 9.17) is 16.3 Å². The third-order valence-corrected chi connectivity index (χ3v) is 4.93. The van der Waals surface area contributed by atoms with Gasteiger partial charge in [0.1, 0.15) is 5.82 Å². The molecule has 1 aromatic carbocycles. The van der Waals surface area contributed by atoms with Crippen molar-refractivity contribution in [3.05, 3.63) is 74.8 Å². The van der Waals surface area contributed by atoms with Crippen molar-refractivity contribution in [2.24, 2.45) is 0 Å². The quantitative estimate of drug-likeness (QED) is 0.750. The molecule has 1 N–H and O–H groups in total. The number of pyridine rings is 1. The zero-order chi connectivity index (χ0) is 18.8. The van der Waals surface area contributed by atoms with E-state index in [0.29, 0.717) is 23.3 Å². The van der Waals surface area contributed by atoms with Gasteiger partial charge in [0.05, 0.1) is 18.4 Å². The van der Waals surface area contributed by atoms with Crippen LogP contribution in [0.15, 0.2) is 47.4 Å². The summed E-state index contributed by atoms with van der Waals surface area (Å²) in [6, 6.07) is 11.1. The van der Waals surface area contributed by atoms with Crippen LogP contribution in [0.1, 0.15) is 16.8 Å². The van der Waals surface area contributed by atoms with Gasteiger partial charge in [0.25, 0.3) is 5.56 Å². The minimum atomic E-state index is -0.0810. The Morgan fingerprint density at radius 1 is 1.22 bits per heavy atom. The van der Waals surface area contributed by atoms with Gasteiger partial charge in [0.15, 0.2) is 0 Å². The molecule has 1 aliphatic heterocycles. The summed E-state index contributed by atoms with van der Waals surface area (Å²) >= 11 is 5.94. The molecule has 27 heavy (non-hydrogen) atoms. The Balaban J connectivity index is 1.54. The van der Waals surface area contributed by atoms with Crippen molar-refractivity contribution in [2.75, 3.05) is 13.7 Å². The molecule has 1 aliphatic rings. The molecule has 3 aromatic rings. The van der Waals surface area contributed by atoms with Gasteiger partial charge in [-0.1, -0.05) is 17.7 Å². The predicted molar refractivity (Wildman–Crippen MR) is 104 cm³/mol. The summed E-state index contributed by atoms with van der Waals surface area (Å²) in [6.07, 6.45) is 2.55. The summed E-state index contributed by atoms with van der Waals surface area (Å²) in [7, 11) is 1.60. The number of hydrogen-bond donors (Lipinski definition) is 1. The molecule has 0 saturated carbocycles. The van der Waals surface area contributed by atoms with E-state index < -0.39 is 0 Å². The van der Waals surface area contributed by atoms with Crippen molar-refractivity contribution < 1.29 is 4.74 Å². The zero-order valence-electron chi connectivity index (χ0n) is 14.9. The molecule has 4 rings (SSSR count). The lowest BCUT2D eigenvalue weighted by Gasteiger charge is -2.27. The number of ether oxygens (including phenoxy) is 1. The maximum atomic E-state index is 12.6. The Bertz CT molecular complexity index is 1000. The van der Waals surface area contributed by atoms with Gasteiger partial charge in [-0.25, -0.2) is 9.97 Å². The van der Waals surface area contributed by atoms with E-state index in [0.717, 1.165) is 41.9 Å². The molecule has 0 saturated heterocycles. The van der Waals surface area contributed by atoms with E-state index >= 15 is 0 Å². The van der Waals surface area contributed by atoms with Gasteiger partial charge >= 0.3 is 0 Å². The maximum absolute atomic E-state index is 12.6. The van der Waals surface area contributed by atoms with E-state index in [2.05, 4.69) is 19.9 Å². The van der Waals surface area contributed by atoms with E-state index in [1.807, 2.05) is 24.3 Å². The molecule has 0 amide bonds. The number of hydrogen-bond acceptors (Lipinski definition) is 5. The number of aromatic nitrogens is 3. The summed E-state index contributed by atoms with van der Waals surface area (Å²) < 4.78 is 5.09. The molecular weight excluding hydrogens is 364 g/mol. The molecule has 0 radical (unpaired) electrons. The first kappa shape index (κ1) is 17.7. The highest BCUT2D eigenvalue weighted by molar-refractivity contribution is 6.30. The van der Waals surface area contributed by atoms with Crippen LogP contribution in [0.4, 0.5) is 0 Å². The zero-order valence-corrected chi connectivity index (χ0v) is 15.7. The standard InChI is InChI=1S/C20H19ClN4O2/c1-27-18-7-2-13(10-22-18)11-25-9-8-17-16(12-25)20(26)24-19(23-17)14-3-5-15(21)6-4-14/h2-7,10H,8-9,11-12H2,1H3,(H,23,24,26). The average molecular weight is 383 g/mol. The molecule has 0 aliphatic carbocycles. The molecule has 0 fully saturated rings. The van der Waals surface area contributed by atoms with Crippen molar-refractivity contribution in [3.8, 4) is 17.3 Å². The number of methoxy groups -OCH3 is 1. The van der Waals surface area contributed by atoms with Crippen LogP contribution in [-0.2, 0) is 19.5 Å². The number of benzene rings is 1. The van der Waals surface area contributed by atoms with Gasteiger partial charge in [0, 0.05) is 48.9 Å². The van der Waals surface area contributed by atoms with Gasteiger partial charge in [-0.05, 0) is 29.8 Å². The van der Waals surface area contributed by atoms with E-state index in [1.54, 1.807) is 25.4 Å². The van der Waals surface area contributed by atoms with Crippen molar-refractivity contribution in [1.82, 2.24) is 19.9 Å². The highest BCUT2D eigenvalue weighted by Gasteiger charge is 2.21. The van der Waals surface area contributed by atoms with Gasteiger partial charge in [-0.2, -0.15) is 0 Å². The average Bonchev–Trinajstić information content (AvgIpc) is 2.69. The summed E-state index contributed by atoms with van der Waals surface area (Å²) in [4.78, 5) is 26.7. The van der Waals surface area contributed by atoms with Crippen molar-refractivity contribution >= 4 is 11.6 Å². The van der Waals surface area contributed by atoms with E-state index in [1.165, 1.54) is 0 Å². The predicted octanol–water partition coefficient (Wildman–Crippen LogP) is 3.05. The molecule has 0 unspecified atom stereocenters. The molecule has 6 nitrogen and oxygen atoms in total. The van der Waals surface area contributed by atoms with Gasteiger partial charge in [0.2, 0.25) is 5.88 Å². The summed E-state index contributed by atoms with van der Waals surface area (Å²) in [5.41, 5.74) is 3.46. The number of aromatic amines is 1. The second kappa shape index (κ2) is 7.50. The molecule has 2 aromatic heterocycles. The summed E-state index contributed by atoms with van der Waals surface area (Å²) in [5, 5.41) is 0.655. The second-order valence-corrected chi connectivity index (χ2v) is 6.95. The lowest BCUT2D eigenvalue weighted by molar-refractivity contribution is 0.241. The first-order chi connectivity index (χ1) is 13.1. The number of nitrogens with one attached hydrogen (secondary N) is 1. The van der Waals surface area contributed by atoms with Crippen LogP contribution in [0, 0.1) is 0 Å². The smallest absolute Gasteiger partial charge is 0.255 e. The van der Waals surface area contributed by atoms with Crippen molar-refractivity contribution in [2.45, 2.75) is 19.5 Å². The Labute approximate surface area is 161 Å². The van der Waals surface area contributed by atoms with Gasteiger partial charge in [-0.3, -0.25) is 9.69 Å². The fourth-order valence-corrected chi connectivity index (χ4v) is 3.37. The Morgan fingerprint density at radius 3 is 2.74 bits per heavy atom. The summed E-state index contributed by atoms with van der Waals surface area (Å²) in [5.74, 6) is 1.18. The first-order valence-corrected chi connectivity index (χ1v) is 9.09. The first-order valence-electron chi connectivity index (χ1n) is 8.71. The lowest BCUT2D eigenvalue weighted by Crippen LogP contribution is -2.35. The number of halogens is 1. The molecule has 0 spiro atoms. The monoisotopic (exact) mass is 382 g/mol. The second-order valence-electron chi connectivity index (χ2n) is 6.52. The SMILES string of the molecule is COc1ccc(CN2CCc3nc(-c4ccc(Cl)cc4)[nH]c(=O)c3C2)cn1. The van der Waals surface area contributed by atoms with E-state index in [-0.39, 0.29) is 5.56 Å². The molecule has 3 heterocycles. The maximum Gasteiger partial charge on any atom is 0.255 e. The van der Waals surface area contributed by atoms with E-state index in [9.17, 15) is 4.79 Å². The van der Waals surface area contributed by atoms with Gasteiger partial charge < -0.3 is 9.72 Å². The minimum Gasteiger partial charge on any atom is -0.481 e. The van der Waals surface area contributed by atoms with Crippen LogP contribution >= 0.6 is 11.6 Å². The van der Waals surface area contributed by atoms with Crippen LogP contribution in [0.2, 0.25) is 5.02 Å². The van der Waals surface area contributed by atoms with Crippen molar-refractivity contribution in [3.63, 3.8) is 0 Å². The molecule has 138 valence electrons. The lowest BCUT2D eigenvalue weighted by atomic mass is 10.1. The van der Waals surface area contributed by atoms with Crippen molar-refractivity contribution in [1.29, 1.82) is 0 Å². The fourth-order valence-electron chi connectivity index (χ4n) is 3.24. The molecule has 7 heteroatoms. The third kappa shape index (κ3) is 3.86. The number of H-pyrrole nitrogens is 1. The summed E-state index contributed by atoms with van der Waals surface area (Å²) in [6.45, 7) is 2.15. The normalized spacial score (nSPS) is 14.0. The fraction of sp³-hybridized carbons (Fsp3) is 0.250. The molecule has 0 bridgehead atoms. The third-order valence-electron chi connectivity index (χ3n) is 4.68. The molecular formula is C20H19ClN4O2. The van der Waals surface area contributed by atoms with Crippen LogP contribution in [-0.4, -0.2) is 33.5 Å². The molecule has 0 atom stereocenters. The van der Waals surface area contributed by atoms with Gasteiger partial charge in [-0.15, -0.1) is 0 Å². The van der Waals surface area contributed by atoms with Crippen LogP contribution < -0.4 is 10.3 Å². The highest BCUT2D eigenvalue weighted by Crippen LogP contribution is 2.21. The highest BCUT2D eigenvalue weighted by atomic mass is 35.5. The topological polar surface area (TPSA) is 71.1 Å². The van der Waals surface area contributed by atoms with Crippen LogP contribution in [0.3, 0.4) is 0 Å². The Morgan fingerprint density at radius 2 is 2.04 bits per heavy atom. The van der Waals surface area contributed by atoms with Crippen LogP contribution in [0.25, 0.3) is 11.4 Å². The Hall–Kier alpha value is -2.70.